The van der Waals surface area contributed by atoms with Crippen molar-refractivity contribution in [2.45, 2.75) is 13.8 Å². The fourth-order valence-electron chi connectivity index (χ4n) is 1.46. The third kappa shape index (κ3) is 1.29. The zero-order chi connectivity index (χ0) is 10.4. The lowest BCUT2D eigenvalue weighted by molar-refractivity contribution is 0.942. The molecule has 4 nitrogen and oxygen atoms in total. The molecule has 3 heterocycles. The average molecular weight is 236 g/mol. The highest BCUT2D eigenvalue weighted by Crippen LogP contribution is 2.28. The lowest BCUT2D eigenvalue weighted by Gasteiger charge is -1.93. The molecule has 0 N–H and O–H groups in total. The molecule has 0 aliphatic heterocycles. The number of aryl methyl sites for hydroxylation is 2. The van der Waals surface area contributed by atoms with E-state index in [1.54, 1.807) is 22.7 Å². The Morgan fingerprint density at radius 1 is 1.27 bits per heavy atom. The Bertz CT molecular complexity index is 619. The van der Waals surface area contributed by atoms with E-state index in [0.29, 0.717) is 0 Å². The summed E-state index contributed by atoms with van der Waals surface area (Å²) in [6, 6.07) is 2.08. The molecule has 15 heavy (non-hydrogen) atoms. The van der Waals surface area contributed by atoms with Crippen LogP contribution in [0.4, 0.5) is 0 Å². The number of aromatic nitrogens is 4. The molecule has 0 spiro atoms. The Morgan fingerprint density at radius 3 is 2.87 bits per heavy atom. The summed E-state index contributed by atoms with van der Waals surface area (Å²) >= 11 is 3.23. The third-order valence-electron chi connectivity index (χ3n) is 2.16. The molecule has 0 aromatic carbocycles. The first-order valence-electron chi connectivity index (χ1n) is 4.49. The minimum absolute atomic E-state index is 0.849. The van der Waals surface area contributed by atoms with Crippen LogP contribution in [0.5, 0.6) is 0 Å². The number of rotatable bonds is 1. The van der Waals surface area contributed by atoms with Gasteiger partial charge in [-0.1, -0.05) is 11.3 Å². The molecule has 0 atom stereocenters. The molecule has 0 radical (unpaired) electrons. The van der Waals surface area contributed by atoms with Gasteiger partial charge in [-0.05, 0) is 30.9 Å². The highest BCUT2D eigenvalue weighted by Gasteiger charge is 2.14. The summed E-state index contributed by atoms with van der Waals surface area (Å²) in [5.41, 5.74) is 1.22. The maximum atomic E-state index is 4.39. The highest BCUT2D eigenvalue weighted by molar-refractivity contribution is 7.16. The van der Waals surface area contributed by atoms with Crippen LogP contribution >= 0.6 is 22.7 Å². The van der Waals surface area contributed by atoms with Crippen LogP contribution in [-0.2, 0) is 0 Å². The second-order valence-electron chi connectivity index (χ2n) is 3.27. The highest BCUT2D eigenvalue weighted by atomic mass is 32.1. The molecule has 3 rings (SSSR count). The zero-order valence-corrected chi connectivity index (χ0v) is 9.89. The number of hydrogen-bond donors (Lipinski definition) is 0. The van der Waals surface area contributed by atoms with E-state index in [1.165, 1.54) is 5.56 Å². The maximum absolute atomic E-state index is 4.39. The van der Waals surface area contributed by atoms with Gasteiger partial charge in [-0.15, -0.1) is 21.5 Å². The van der Waals surface area contributed by atoms with Crippen molar-refractivity contribution in [3.63, 3.8) is 0 Å². The largest absolute Gasteiger partial charge is 0.234 e. The summed E-state index contributed by atoms with van der Waals surface area (Å²) in [5.74, 6) is 0.849. The van der Waals surface area contributed by atoms with E-state index in [2.05, 4.69) is 33.7 Å². The Hall–Kier alpha value is -1.27. The van der Waals surface area contributed by atoms with Crippen LogP contribution in [0.2, 0.25) is 0 Å². The van der Waals surface area contributed by atoms with Crippen molar-refractivity contribution in [1.29, 1.82) is 0 Å². The predicted octanol–water partition coefficient (Wildman–Crippen LogP) is 2.53. The van der Waals surface area contributed by atoms with Crippen LogP contribution < -0.4 is 0 Å². The van der Waals surface area contributed by atoms with Crippen molar-refractivity contribution < 1.29 is 0 Å². The third-order valence-corrected chi connectivity index (χ3v) is 3.98. The first kappa shape index (κ1) is 8.99. The number of fused-ring (bicyclic) bond motifs is 1. The standard InChI is InChI=1S/C9H8N4S2/c1-5-3-4-14-7(5)8-10-11-9-13(8)12-6(2)15-9/h3-4H,1-2H3. The van der Waals surface area contributed by atoms with E-state index in [4.69, 9.17) is 0 Å². The molecule has 6 heteroatoms. The molecule has 0 saturated carbocycles. The second-order valence-corrected chi connectivity index (χ2v) is 5.35. The Labute approximate surface area is 94.2 Å². The molecule has 0 fully saturated rings. The SMILES string of the molecule is Cc1nn2c(-c3sccc3C)nnc2s1. The van der Waals surface area contributed by atoms with E-state index in [-0.39, 0.29) is 0 Å². The monoisotopic (exact) mass is 236 g/mol. The molecule has 0 aliphatic carbocycles. The van der Waals surface area contributed by atoms with Crippen molar-refractivity contribution in [3.05, 3.63) is 22.0 Å². The van der Waals surface area contributed by atoms with Crippen LogP contribution in [0.15, 0.2) is 11.4 Å². The van der Waals surface area contributed by atoms with Gasteiger partial charge < -0.3 is 0 Å². The van der Waals surface area contributed by atoms with Gasteiger partial charge in [0.15, 0.2) is 5.82 Å². The predicted molar refractivity (Wildman–Crippen MR) is 61.4 cm³/mol. The summed E-state index contributed by atoms with van der Waals surface area (Å²) in [5, 5.41) is 15.7. The zero-order valence-electron chi connectivity index (χ0n) is 8.26. The Kier molecular flexibility index (Phi) is 1.86. The Morgan fingerprint density at radius 2 is 2.13 bits per heavy atom. The fraction of sp³-hybridized carbons (Fsp3) is 0.222. The van der Waals surface area contributed by atoms with Gasteiger partial charge in [-0.3, -0.25) is 0 Å². The minimum atomic E-state index is 0.849. The van der Waals surface area contributed by atoms with Gasteiger partial charge >= 0.3 is 0 Å². The number of hydrogen-bond acceptors (Lipinski definition) is 5. The summed E-state index contributed by atoms with van der Waals surface area (Å²) in [7, 11) is 0. The maximum Gasteiger partial charge on any atom is 0.234 e. The van der Waals surface area contributed by atoms with Gasteiger partial charge in [-0.25, -0.2) is 0 Å². The van der Waals surface area contributed by atoms with Gasteiger partial charge in [0.1, 0.15) is 5.01 Å². The van der Waals surface area contributed by atoms with Crippen LogP contribution in [-0.4, -0.2) is 19.8 Å². The van der Waals surface area contributed by atoms with Crippen LogP contribution in [0.25, 0.3) is 15.7 Å². The minimum Gasteiger partial charge on any atom is -0.182 e. The summed E-state index contributed by atoms with van der Waals surface area (Å²) in [6.07, 6.45) is 0. The normalized spacial score (nSPS) is 11.3. The van der Waals surface area contributed by atoms with Crippen molar-refractivity contribution in [3.8, 4) is 10.7 Å². The average Bonchev–Trinajstić information content (AvgIpc) is 2.81. The lowest BCUT2D eigenvalue weighted by atomic mass is 10.3. The van der Waals surface area contributed by atoms with Gasteiger partial charge in [0.05, 0.1) is 4.88 Å². The molecule has 76 valence electrons. The molecule has 0 amide bonds. The number of thiophene rings is 1. The molecule has 0 saturated heterocycles. The molecular formula is C9H8N4S2. The van der Waals surface area contributed by atoms with E-state index >= 15 is 0 Å². The van der Waals surface area contributed by atoms with E-state index < -0.39 is 0 Å². The van der Waals surface area contributed by atoms with Crippen molar-refractivity contribution >= 4 is 27.6 Å². The first-order chi connectivity index (χ1) is 7.25. The van der Waals surface area contributed by atoms with Crippen molar-refractivity contribution in [2.24, 2.45) is 0 Å². The lowest BCUT2D eigenvalue weighted by Crippen LogP contribution is -1.89. The van der Waals surface area contributed by atoms with Crippen molar-refractivity contribution in [2.75, 3.05) is 0 Å². The number of nitrogens with zero attached hydrogens (tertiary/aromatic N) is 4. The molecule has 0 unspecified atom stereocenters. The van der Waals surface area contributed by atoms with Crippen molar-refractivity contribution in [1.82, 2.24) is 19.8 Å². The summed E-state index contributed by atoms with van der Waals surface area (Å²) in [4.78, 5) is 2.00. The van der Waals surface area contributed by atoms with E-state index in [9.17, 15) is 0 Å². The molecule has 3 aromatic heterocycles. The van der Waals surface area contributed by atoms with Gasteiger partial charge in [0.25, 0.3) is 0 Å². The second kappa shape index (κ2) is 3.11. The molecule has 3 aromatic rings. The molecular weight excluding hydrogens is 228 g/mol. The van der Waals surface area contributed by atoms with Gasteiger partial charge in [0.2, 0.25) is 4.96 Å². The fourth-order valence-corrected chi connectivity index (χ4v) is 3.03. The smallest absolute Gasteiger partial charge is 0.182 e. The van der Waals surface area contributed by atoms with Crippen LogP contribution in [0.3, 0.4) is 0 Å². The van der Waals surface area contributed by atoms with Crippen LogP contribution in [0.1, 0.15) is 10.6 Å². The van der Waals surface area contributed by atoms with Gasteiger partial charge in [0, 0.05) is 0 Å². The molecule has 0 bridgehead atoms. The van der Waals surface area contributed by atoms with Gasteiger partial charge in [-0.2, -0.15) is 9.61 Å². The Balaban J connectivity index is 2.31. The van der Waals surface area contributed by atoms with E-state index in [0.717, 1.165) is 20.7 Å². The molecule has 0 aliphatic rings. The van der Waals surface area contributed by atoms with Crippen LogP contribution in [0, 0.1) is 13.8 Å². The summed E-state index contributed by atoms with van der Waals surface area (Å²) in [6.45, 7) is 4.05. The first-order valence-corrected chi connectivity index (χ1v) is 6.18. The van der Waals surface area contributed by atoms with E-state index in [1.807, 2.05) is 11.4 Å². The summed E-state index contributed by atoms with van der Waals surface area (Å²) < 4.78 is 1.82. The quantitative estimate of drug-likeness (QED) is 0.652. The topological polar surface area (TPSA) is 43.1 Å².